The molecule has 1 unspecified atom stereocenters. The summed E-state index contributed by atoms with van der Waals surface area (Å²) in [5.41, 5.74) is 4.74. The standard InChI is InChI=1S/C37H47N3O5/c1-42-18-8-17-39-23-27(31-9-4-6-11-35(31)39)24-40(28-13-14-28)37(41)34-22-38-16-15-32(34)33-10-5-7-12-36(33)45-25-26-19-29(43-2)21-30(20-26)44-3/h4-7,9-12,19-21,27-28,32,34,38H,8,13-18,22-25H2,1-3H3/t27?,32-,34+/m1/s1. The Morgan fingerprint density at radius 3 is 2.40 bits per heavy atom. The molecule has 240 valence electrons. The first-order valence-corrected chi connectivity index (χ1v) is 16.4. The highest BCUT2D eigenvalue weighted by Crippen LogP contribution is 2.42. The van der Waals surface area contributed by atoms with Crippen LogP contribution in [-0.4, -0.2) is 77.5 Å². The minimum absolute atomic E-state index is 0.0810. The molecule has 0 spiro atoms. The van der Waals surface area contributed by atoms with E-state index >= 15 is 0 Å². The fraction of sp³-hybridized carbons (Fsp3) is 0.486. The summed E-state index contributed by atoms with van der Waals surface area (Å²) < 4.78 is 22.7. The van der Waals surface area contributed by atoms with E-state index in [1.54, 1.807) is 21.3 Å². The van der Waals surface area contributed by atoms with Gasteiger partial charge in [0.25, 0.3) is 0 Å². The summed E-state index contributed by atoms with van der Waals surface area (Å²) >= 11 is 0. The lowest BCUT2D eigenvalue weighted by atomic mass is 9.79. The van der Waals surface area contributed by atoms with E-state index in [9.17, 15) is 4.79 Å². The van der Waals surface area contributed by atoms with Gasteiger partial charge in [0.15, 0.2) is 0 Å². The Hall–Kier alpha value is -3.75. The molecule has 2 aliphatic heterocycles. The number of ether oxygens (including phenoxy) is 4. The molecule has 2 heterocycles. The van der Waals surface area contributed by atoms with Crippen LogP contribution in [0.3, 0.4) is 0 Å². The Bertz CT molecular complexity index is 1420. The number of anilines is 1. The Morgan fingerprint density at radius 2 is 1.67 bits per heavy atom. The highest BCUT2D eigenvalue weighted by molar-refractivity contribution is 5.81. The van der Waals surface area contributed by atoms with Crippen molar-refractivity contribution < 1.29 is 23.7 Å². The maximum absolute atomic E-state index is 14.6. The largest absolute Gasteiger partial charge is 0.497 e. The Labute approximate surface area is 267 Å². The maximum Gasteiger partial charge on any atom is 0.227 e. The minimum Gasteiger partial charge on any atom is -0.497 e. The number of hydrogen-bond acceptors (Lipinski definition) is 7. The number of para-hydroxylation sites is 2. The number of piperidine rings is 1. The Kier molecular flexibility index (Phi) is 10.1. The van der Waals surface area contributed by atoms with E-state index in [0.29, 0.717) is 25.1 Å². The SMILES string of the molecule is COCCCN1CC(CN(C(=O)[C@H]2CNCC[C@@H]2c2ccccc2OCc2cc(OC)cc(OC)c2)C2CC2)c2ccccc21. The van der Waals surface area contributed by atoms with Gasteiger partial charge >= 0.3 is 0 Å². The highest BCUT2D eigenvalue weighted by Gasteiger charge is 2.42. The van der Waals surface area contributed by atoms with Crippen LogP contribution in [0.5, 0.6) is 17.2 Å². The molecule has 0 radical (unpaired) electrons. The van der Waals surface area contributed by atoms with Gasteiger partial charge in [-0.2, -0.15) is 0 Å². The summed E-state index contributed by atoms with van der Waals surface area (Å²) in [6, 6.07) is 23.1. The van der Waals surface area contributed by atoms with Crippen LogP contribution in [0.15, 0.2) is 66.7 Å². The van der Waals surface area contributed by atoms with Crippen molar-refractivity contribution in [2.24, 2.45) is 5.92 Å². The van der Waals surface area contributed by atoms with Crippen molar-refractivity contribution in [2.75, 3.05) is 65.6 Å². The van der Waals surface area contributed by atoms with Crippen LogP contribution in [0.4, 0.5) is 5.69 Å². The van der Waals surface area contributed by atoms with E-state index in [4.69, 9.17) is 18.9 Å². The van der Waals surface area contributed by atoms with Gasteiger partial charge in [-0.1, -0.05) is 36.4 Å². The molecule has 6 rings (SSSR count). The van der Waals surface area contributed by atoms with Crippen LogP contribution in [-0.2, 0) is 16.1 Å². The summed E-state index contributed by atoms with van der Waals surface area (Å²) in [4.78, 5) is 19.3. The zero-order valence-electron chi connectivity index (χ0n) is 26.9. The zero-order chi connectivity index (χ0) is 31.2. The van der Waals surface area contributed by atoms with Crippen molar-refractivity contribution >= 4 is 11.6 Å². The molecule has 45 heavy (non-hydrogen) atoms. The molecule has 1 amide bonds. The first-order valence-electron chi connectivity index (χ1n) is 16.4. The Morgan fingerprint density at radius 1 is 0.933 bits per heavy atom. The van der Waals surface area contributed by atoms with E-state index in [1.807, 2.05) is 30.3 Å². The number of nitrogens with one attached hydrogen (secondary N) is 1. The van der Waals surface area contributed by atoms with Gasteiger partial charge in [-0.05, 0) is 73.2 Å². The molecular formula is C37H47N3O5. The molecule has 3 atom stereocenters. The third-order valence-electron chi connectivity index (χ3n) is 9.55. The number of nitrogens with zero attached hydrogens (tertiary/aromatic N) is 2. The molecular weight excluding hydrogens is 566 g/mol. The van der Waals surface area contributed by atoms with E-state index in [2.05, 4.69) is 51.5 Å². The number of fused-ring (bicyclic) bond motifs is 1. The van der Waals surface area contributed by atoms with Crippen molar-refractivity contribution in [1.82, 2.24) is 10.2 Å². The zero-order valence-corrected chi connectivity index (χ0v) is 26.9. The van der Waals surface area contributed by atoms with Crippen LogP contribution < -0.4 is 24.4 Å². The monoisotopic (exact) mass is 613 g/mol. The minimum atomic E-state index is -0.143. The topological polar surface area (TPSA) is 72.5 Å². The predicted octanol–water partition coefficient (Wildman–Crippen LogP) is 5.61. The second-order valence-corrected chi connectivity index (χ2v) is 12.5. The lowest BCUT2D eigenvalue weighted by Gasteiger charge is -2.37. The van der Waals surface area contributed by atoms with Crippen LogP contribution in [0.2, 0.25) is 0 Å². The Balaban J connectivity index is 1.20. The molecule has 8 heteroatoms. The van der Waals surface area contributed by atoms with Gasteiger partial charge in [0, 0.05) is 69.5 Å². The molecule has 1 aliphatic carbocycles. The van der Waals surface area contributed by atoms with Crippen LogP contribution in [0, 0.1) is 5.92 Å². The molecule has 3 aromatic rings. The highest BCUT2D eigenvalue weighted by atomic mass is 16.5. The van der Waals surface area contributed by atoms with Crippen molar-refractivity contribution in [3.63, 3.8) is 0 Å². The number of amides is 1. The van der Waals surface area contributed by atoms with Gasteiger partial charge in [-0.15, -0.1) is 0 Å². The number of carbonyl (C=O) groups is 1. The molecule has 0 aromatic heterocycles. The van der Waals surface area contributed by atoms with E-state index < -0.39 is 0 Å². The summed E-state index contributed by atoms with van der Waals surface area (Å²) in [6.45, 7) is 5.37. The smallest absolute Gasteiger partial charge is 0.227 e. The van der Waals surface area contributed by atoms with Gasteiger partial charge in [0.1, 0.15) is 23.9 Å². The van der Waals surface area contributed by atoms with E-state index in [-0.39, 0.29) is 17.7 Å². The van der Waals surface area contributed by atoms with Crippen molar-refractivity contribution in [3.05, 3.63) is 83.4 Å². The lowest BCUT2D eigenvalue weighted by Crippen LogP contribution is -2.48. The van der Waals surface area contributed by atoms with Gasteiger partial charge in [-0.3, -0.25) is 4.79 Å². The lowest BCUT2D eigenvalue weighted by molar-refractivity contribution is -0.137. The average molecular weight is 614 g/mol. The van der Waals surface area contributed by atoms with E-state index in [1.165, 1.54) is 11.3 Å². The maximum atomic E-state index is 14.6. The quantitative estimate of drug-likeness (QED) is 0.237. The fourth-order valence-electron chi connectivity index (χ4n) is 7.13. The van der Waals surface area contributed by atoms with Gasteiger partial charge in [0.05, 0.1) is 20.1 Å². The van der Waals surface area contributed by atoms with Crippen molar-refractivity contribution in [1.29, 1.82) is 0 Å². The summed E-state index contributed by atoms with van der Waals surface area (Å²) in [6.07, 6.45) is 4.06. The molecule has 1 N–H and O–H groups in total. The van der Waals surface area contributed by atoms with Crippen LogP contribution in [0.25, 0.3) is 0 Å². The van der Waals surface area contributed by atoms with Gasteiger partial charge < -0.3 is 34.1 Å². The third kappa shape index (κ3) is 7.23. The first kappa shape index (κ1) is 31.2. The van der Waals surface area contributed by atoms with Crippen molar-refractivity contribution in [3.8, 4) is 17.2 Å². The normalized spacial score (nSPS) is 20.9. The second-order valence-electron chi connectivity index (χ2n) is 12.5. The molecule has 3 aromatic carbocycles. The van der Waals surface area contributed by atoms with E-state index in [0.717, 1.165) is 86.8 Å². The van der Waals surface area contributed by atoms with Gasteiger partial charge in [-0.25, -0.2) is 0 Å². The first-order chi connectivity index (χ1) is 22.1. The number of hydrogen-bond donors (Lipinski definition) is 1. The predicted molar refractivity (Wildman–Crippen MR) is 177 cm³/mol. The molecule has 1 saturated heterocycles. The number of methoxy groups -OCH3 is 3. The van der Waals surface area contributed by atoms with Crippen LogP contribution in [0.1, 0.15) is 54.2 Å². The number of benzene rings is 3. The molecule has 2 fully saturated rings. The summed E-state index contributed by atoms with van der Waals surface area (Å²) in [5.74, 6) is 2.81. The number of rotatable bonds is 14. The van der Waals surface area contributed by atoms with Gasteiger partial charge in [0.2, 0.25) is 5.91 Å². The molecule has 1 saturated carbocycles. The summed E-state index contributed by atoms with van der Waals surface area (Å²) in [5, 5.41) is 3.54. The molecule has 0 bridgehead atoms. The number of carbonyl (C=O) groups excluding carboxylic acids is 1. The molecule has 3 aliphatic rings. The average Bonchev–Trinajstić information content (AvgIpc) is 3.88. The summed E-state index contributed by atoms with van der Waals surface area (Å²) in [7, 11) is 5.06. The van der Waals surface area contributed by atoms with Crippen LogP contribution >= 0.6 is 0 Å². The third-order valence-corrected chi connectivity index (χ3v) is 9.55. The fourth-order valence-corrected chi connectivity index (χ4v) is 7.13. The molecule has 8 nitrogen and oxygen atoms in total. The second kappa shape index (κ2) is 14.6. The van der Waals surface area contributed by atoms with Crippen molar-refractivity contribution in [2.45, 2.75) is 50.2 Å².